The molecule has 0 atom stereocenters. The number of hydrogen-bond donors (Lipinski definition) is 1. The zero-order valence-corrected chi connectivity index (χ0v) is 16.3. The Morgan fingerprint density at radius 3 is 2.89 bits per heavy atom. The quantitative estimate of drug-likeness (QED) is 0.783. The number of rotatable bonds is 3. The number of likely N-dealkylation sites (tertiary alicyclic amines) is 1. The molecule has 2 N–H and O–H groups in total. The summed E-state index contributed by atoms with van der Waals surface area (Å²) in [4.78, 5) is 30.5. The van der Waals surface area contributed by atoms with Crippen molar-refractivity contribution in [3.8, 4) is 11.5 Å². The summed E-state index contributed by atoms with van der Waals surface area (Å²) in [7, 11) is 1.61. The average Bonchev–Trinajstić information content (AvgIpc) is 3.07. The Morgan fingerprint density at radius 2 is 2.18 bits per heavy atom. The Morgan fingerprint density at radius 1 is 1.39 bits per heavy atom. The fraction of sp³-hybridized carbons (Fsp3) is 0.350. The van der Waals surface area contributed by atoms with Crippen LogP contribution < -0.4 is 15.2 Å². The second-order valence-electron chi connectivity index (χ2n) is 6.86. The van der Waals surface area contributed by atoms with Crippen molar-refractivity contribution in [2.45, 2.75) is 12.8 Å². The summed E-state index contributed by atoms with van der Waals surface area (Å²) >= 11 is 1.37. The van der Waals surface area contributed by atoms with Crippen LogP contribution in [0.15, 0.2) is 39.7 Å². The highest BCUT2D eigenvalue weighted by Crippen LogP contribution is 2.37. The molecule has 0 aromatic heterocycles. The number of hydrogen-bond acceptors (Lipinski definition) is 6. The highest BCUT2D eigenvalue weighted by Gasteiger charge is 2.30. The molecule has 3 aliphatic rings. The molecule has 0 aliphatic carbocycles. The number of carbonyl (C=O) groups is 2. The number of nitrogens with two attached hydrogens (primary N) is 1. The van der Waals surface area contributed by atoms with Gasteiger partial charge in [-0.2, -0.15) is 4.99 Å². The third-order valence-electron chi connectivity index (χ3n) is 5.05. The first-order valence-corrected chi connectivity index (χ1v) is 9.94. The van der Waals surface area contributed by atoms with E-state index in [2.05, 4.69) is 9.89 Å². The number of ether oxygens (including phenoxy) is 2. The third-order valence-corrected chi connectivity index (χ3v) is 6.09. The normalized spacial score (nSPS) is 21.1. The van der Waals surface area contributed by atoms with Gasteiger partial charge in [-0.3, -0.25) is 9.59 Å². The van der Waals surface area contributed by atoms with Crippen molar-refractivity contribution < 1.29 is 19.1 Å². The van der Waals surface area contributed by atoms with E-state index in [9.17, 15) is 9.59 Å². The SMILES string of the molecule is COc1cccc2c1OCC(/C=C1\SC(N3CCC(C(N)=O)CC3)=NC1=O)=C2. The number of amidine groups is 1. The van der Waals surface area contributed by atoms with Gasteiger partial charge in [0.15, 0.2) is 16.7 Å². The second kappa shape index (κ2) is 7.71. The Kier molecular flexibility index (Phi) is 5.13. The van der Waals surface area contributed by atoms with Crippen LogP contribution in [0.1, 0.15) is 18.4 Å². The lowest BCUT2D eigenvalue weighted by Crippen LogP contribution is -2.40. The minimum absolute atomic E-state index is 0.0874. The molecular weight excluding hydrogens is 378 g/mol. The van der Waals surface area contributed by atoms with Crippen molar-refractivity contribution in [1.82, 2.24) is 4.90 Å². The summed E-state index contributed by atoms with van der Waals surface area (Å²) in [6, 6.07) is 5.71. The van der Waals surface area contributed by atoms with E-state index in [0.29, 0.717) is 54.1 Å². The molecule has 3 heterocycles. The topological polar surface area (TPSA) is 94.2 Å². The van der Waals surface area contributed by atoms with Gasteiger partial charge in [-0.25, -0.2) is 0 Å². The van der Waals surface area contributed by atoms with Gasteiger partial charge in [-0.15, -0.1) is 0 Å². The number of para-hydroxylation sites is 1. The van der Waals surface area contributed by atoms with Gasteiger partial charge < -0.3 is 20.1 Å². The summed E-state index contributed by atoms with van der Waals surface area (Å²) in [5.41, 5.74) is 7.21. The molecule has 0 bridgehead atoms. The van der Waals surface area contributed by atoms with Gasteiger partial charge >= 0.3 is 0 Å². The van der Waals surface area contributed by atoms with Gasteiger partial charge in [0, 0.05) is 24.6 Å². The lowest BCUT2D eigenvalue weighted by Gasteiger charge is -2.31. The number of fused-ring (bicyclic) bond motifs is 1. The van der Waals surface area contributed by atoms with Crippen LogP contribution >= 0.6 is 11.8 Å². The molecule has 0 unspecified atom stereocenters. The van der Waals surface area contributed by atoms with Gasteiger partial charge in [0.25, 0.3) is 5.91 Å². The van der Waals surface area contributed by atoms with E-state index < -0.39 is 0 Å². The number of methoxy groups -OCH3 is 1. The maximum absolute atomic E-state index is 12.4. The summed E-state index contributed by atoms with van der Waals surface area (Å²) in [5, 5.41) is 0.693. The van der Waals surface area contributed by atoms with Crippen LogP contribution in [0.25, 0.3) is 6.08 Å². The van der Waals surface area contributed by atoms with Gasteiger partial charge in [0.05, 0.1) is 12.0 Å². The summed E-state index contributed by atoms with van der Waals surface area (Å²) in [6.07, 6.45) is 5.22. The average molecular weight is 399 g/mol. The molecule has 28 heavy (non-hydrogen) atoms. The smallest absolute Gasteiger partial charge is 0.286 e. The molecule has 1 aromatic rings. The number of primary amides is 1. The predicted octanol–water partition coefficient (Wildman–Crippen LogP) is 2.18. The highest BCUT2D eigenvalue weighted by molar-refractivity contribution is 8.18. The van der Waals surface area contributed by atoms with Crippen LogP contribution in [-0.4, -0.2) is 48.7 Å². The van der Waals surface area contributed by atoms with Crippen LogP contribution in [0.4, 0.5) is 0 Å². The maximum atomic E-state index is 12.4. The zero-order valence-electron chi connectivity index (χ0n) is 15.5. The number of thioether (sulfide) groups is 1. The fourth-order valence-corrected chi connectivity index (χ4v) is 4.48. The molecular formula is C20H21N3O4S. The maximum Gasteiger partial charge on any atom is 0.286 e. The van der Waals surface area contributed by atoms with Crippen molar-refractivity contribution in [1.29, 1.82) is 0 Å². The number of carbonyl (C=O) groups excluding carboxylic acids is 2. The van der Waals surface area contributed by atoms with Gasteiger partial charge in [-0.05, 0) is 48.4 Å². The fourth-order valence-electron chi connectivity index (χ4n) is 3.50. The first-order valence-electron chi connectivity index (χ1n) is 9.12. The van der Waals surface area contributed by atoms with E-state index >= 15 is 0 Å². The Bertz CT molecular complexity index is 914. The molecule has 1 aromatic carbocycles. The second-order valence-corrected chi connectivity index (χ2v) is 7.87. The molecule has 8 heteroatoms. The molecule has 1 fully saturated rings. The molecule has 7 nitrogen and oxygen atoms in total. The van der Waals surface area contributed by atoms with E-state index in [1.807, 2.05) is 30.4 Å². The van der Waals surface area contributed by atoms with E-state index in [1.54, 1.807) is 7.11 Å². The first kappa shape index (κ1) is 18.6. The Balaban J connectivity index is 1.46. The lowest BCUT2D eigenvalue weighted by molar-refractivity contribution is -0.123. The molecule has 146 valence electrons. The van der Waals surface area contributed by atoms with Gasteiger partial charge in [0.1, 0.15) is 6.61 Å². The number of benzene rings is 1. The third kappa shape index (κ3) is 3.64. The number of amides is 2. The van der Waals surface area contributed by atoms with Crippen LogP contribution in [0.5, 0.6) is 11.5 Å². The molecule has 0 saturated carbocycles. The number of nitrogens with zero attached hydrogens (tertiary/aromatic N) is 2. The molecule has 0 radical (unpaired) electrons. The van der Waals surface area contributed by atoms with E-state index in [1.165, 1.54) is 11.8 Å². The van der Waals surface area contributed by atoms with E-state index in [4.69, 9.17) is 15.2 Å². The molecule has 2 amide bonds. The van der Waals surface area contributed by atoms with Gasteiger partial charge in [0.2, 0.25) is 5.91 Å². The number of aliphatic imine (C=N–C) groups is 1. The van der Waals surface area contributed by atoms with Crippen LogP contribution in [0.3, 0.4) is 0 Å². The zero-order chi connectivity index (χ0) is 19.7. The lowest BCUT2D eigenvalue weighted by atomic mass is 9.97. The van der Waals surface area contributed by atoms with E-state index in [0.717, 1.165) is 11.1 Å². The van der Waals surface area contributed by atoms with Crippen LogP contribution in [0, 0.1) is 5.92 Å². The largest absolute Gasteiger partial charge is 0.493 e. The molecule has 1 saturated heterocycles. The first-order chi connectivity index (χ1) is 13.5. The van der Waals surface area contributed by atoms with Crippen molar-refractivity contribution in [3.63, 3.8) is 0 Å². The predicted molar refractivity (Wildman–Crippen MR) is 108 cm³/mol. The molecule has 3 aliphatic heterocycles. The monoisotopic (exact) mass is 399 g/mol. The molecule has 0 spiro atoms. The Labute approximate surface area is 167 Å². The van der Waals surface area contributed by atoms with Gasteiger partial charge in [-0.1, -0.05) is 12.1 Å². The van der Waals surface area contributed by atoms with Crippen molar-refractivity contribution in [2.24, 2.45) is 16.6 Å². The summed E-state index contributed by atoms with van der Waals surface area (Å²) in [5.74, 6) is 0.826. The van der Waals surface area contributed by atoms with E-state index in [-0.39, 0.29) is 17.7 Å². The standard InChI is InChI=1S/C20H21N3O4S/c1-26-15-4-2-3-14-9-12(11-27-17(14)15)10-16-19(25)22-20(28-16)23-7-5-13(6-8-23)18(21)24/h2-4,9-10,13H,5-8,11H2,1H3,(H2,21,24)/b16-10-. The molecule has 4 rings (SSSR count). The van der Waals surface area contributed by atoms with Crippen molar-refractivity contribution in [3.05, 3.63) is 40.3 Å². The van der Waals surface area contributed by atoms with Crippen molar-refractivity contribution in [2.75, 3.05) is 26.8 Å². The highest BCUT2D eigenvalue weighted by atomic mass is 32.2. The van der Waals surface area contributed by atoms with Crippen LogP contribution in [-0.2, 0) is 9.59 Å². The number of piperidine rings is 1. The summed E-state index contributed by atoms with van der Waals surface area (Å²) < 4.78 is 11.2. The van der Waals surface area contributed by atoms with Crippen molar-refractivity contribution >= 4 is 34.8 Å². The summed E-state index contributed by atoms with van der Waals surface area (Å²) in [6.45, 7) is 1.72. The van der Waals surface area contributed by atoms with Crippen LogP contribution in [0.2, 0.25) is 0 Å². The minimum atomic E-state index is -0.251. The Hall–Kier alpha value is -2.74. The minimum Gasteiger partial charge on any atom is -0.493 e.